The minimum absolute atomic E-state index is 0.0618. The predicted molar refractivity (Wildman–Crippen MR) is 114 cm³/mol. The molecule has 2 aliphatic rings. The monoisotopic (exact) mass is 425 g/mol. The van der Waals surface area contributed by atoms with E-state index in [0.717, 1.165) is 32.1 Å². The minimum Gasteiger partial charge on any atom is -0.439 e. The number of halogens is 1. The summed E-state index contributed by atoms with van der Waals surface area (Å²) in [5.74, 6) is 0.302. The molecule has 1 aromatic heterocycles. The molecule has 2 fully saturated rings. The van der Waals surface area contributed by atoms with Crippen LogP contribution in [0.2, 0.25) is 0 Å². The Balaban J connectivity index is 1.38. The second kappa shape index (κ2) is 9.90. The number of rotatable bonds is 6. The number of hydrogen-bond donors (Lipinski definition) is 1. The van der Waals surface area contributed by atoms with Crippen molar-refractivity contribution in [2.24, 2.45) is 5.92 Å². The van der Waals surface area contributed by atoms with Gasteiger partial charge in [0.25, 0.3) is 0 Å². The quantitative estimate of drug-likeness (QED) is 0.753. The van der Waals surface area contributed by atoms with Crippen molar-refractivity contribution in [2.45, 2.75) is 57.5 Å². The highest BCUT2D eigenvalue weighted by Gasteiger charge is 2.37. The summed E-state index contributed by atoms with van der Waals surface area (Å²) in [7, 11) is 0. The zero-order chi connectivity index (χ0) is 21.6. The first-order valence-electron chi connectivity index (χ1n) is 11.1. The van der Waals surface area contributed by atoms with Gasteiger partial charge in [0.15, 0.2) is 0 Å². The molecule has 1 unspecified atom stereocenters. The second-order valence-electron chi connectivity index (χ2n) is 8.27. The fourth-order valence-electron chi connectivity index (χ4n) is 4.48. The summed E-state index contributed by atoms with van der Waals surface area (Å²) < 4.78 is 19.2. The van der Waals surface area contributed by atoms with Crippen LogP contribution in [0.5, 0.6) is 11.6 Å². The molecule has 1 aliphatic heterocycles. The van der Waals surface area contributed by atoms with Crippen molar-refractivity contribution < 1.29 is 18.7 Å². The van der Waals surface area contributed by atoms with Crippen molar-refractivity contribution in [1.29, 1.82) is 0 Å². The van der Waals surface area contributed by atoms with E-state index < -0.39 is 11.9 Å². The fourth-order valence-corrected chi connectivity index (χ4v) is 4.48. The molecule has 1 aromatic carbocycles. The Morgan fingerprint density at radius 2 is 1.94 bits per heavy atom. The molecule has 164 valence electrons. The lowest BCUT2D eigenvalue weighted by atomic mass is 9.88. The van der Waals surface area contributed by atoms with Crippen molar-refractivity contribution in [1.82, 2.24) is 15.2 Å². The third-order valence-electron chi connectivity index (χ3n) is 6.11. The number of pyridine rings is 1. The lowest BCUT2D eigenvalue weighted by Crippen LogP contribution is -2.48. The number of nitrogens with one attached hydrogen (secondary N) is 1. The zero-order valence-electron chi connectivity index (χ0n) is 17.6. The van der Waals surface area contributed by atoms with E-state index in [1.165, 1.54) is 18.6 Å². The van der Waals surface area contributed by atoms with Crippen LogP contribution in [0.4, 0.5) is 4.39 Å². The predicted octanol–water partition coefficient (Wildman–Crippen LogP) is 4.20. The molecule has 1 atom stereocenters. The number of nitrogens with zero attached hydrogens (tertiary/aromatic N) is 2. The van der Waals surface area contributed by atoms with Gasteiger partial charge in [0.05, 0.1) is 0 Å². The molecule has 1 aliphatic carbocycles. The molecule has 0 bridgehead atoms. The van der Waals surface area contributed by atoms with Crippen LogP contribution in [0.25, 0.3) is 0 Å². The Bertz CT molecular complexity index is 930. The van der Waals surface area contributed by atoms with Crippen LogP contribution in [-0.2, 0) is 16.1 Å². The Labute approximate surface area is 181 Å². The van der Waals surface area contributed by atoms with E-state index >= 15 is 0 Å². The first kappa shape index (κ1) is 21.3. The number of amides is 2. The van der Waals surface area contributed by atoms with E-state index in [2.05, 4.69) is 10.3 Å². The fraction of sp³-hybridized carbons (Fsp3) is 0.458. The van der Waals surface area contributed by atoms with Crippen LogP contribution in [0.15, 0.2) is 42.6 Å². The van der Waals surface area contributed by atoms with Gasteiger partial charge in [0, 0.05) is 36.8 Å². The topological polar surface area (TPSA) is 71.5 Å². The van der Waals surface area contributed by atoms with Crippen LogP contribution in [0, 0.1) is 11.7 Å². The van der Waals surface area contributed by atoms with E-state index in [1.54, 1.807) is 29.3 Å². The maximum atomic E-state index is 13.4. The molecule has 4 rings (SSSR count). The molecule has 1 N–H and O–H groups in total. The largest absolute Gasteiger partial charge is 0.439 e. The smallest absolute Gasteiger partial charge is 0.243 e. The van der Waals surface area contributed by atoms with Gasteiger partial charge in [0.2, 0.25) is 17.7 Å². The van der Waals surface area contributed by atoms with E-state index in [-0.39, 0.29) is 24.3 Å². The van der Waals surface area contributed by atoms with Gasteiger partial charge >= 0.3 is 0 Å². The summed E-state index contributed by atoms with van der Waals surface area (Å²) in [6, 6.07) is 8.98. The summed E-state index contributed by atoms with van der Waals surface area (Å²) in [5.41, 5.74) is 0.684. The van der Waals surface area contributed by atoms with Gasteiger partial charge in [-0.1, -0.05) is 31.4 Å². The van der Waals surface area contributed by atoms with Gasteiger partial charge in [-0.2, -0.15) is 0 Å². The van der Waals surface area contributed by atoms with Crippen LogP contribution in [0.3, 0.4) is 0 Å². The Hall–Kier alpha value is -2.96. The average Bonchev–Trinajstić information content (AvgIpc) is 3.28. The van der Waals surface area contributed by atoms with Crippen LogP contribution in [0.1, 0.15) is 50.5 Å². The highest BCUT2D eigenvalue weighted by molar-refractivity contribution is 5.89. The van der Waals surface area contributed by atoms with E-state index in [0.29, 0.717) is 30.2 Å². The molecular weight excluding hydrogens is 397 g/mol. The number of aromatic nitrogens is 1. The number of carbonyl (C=O) groups is 2. The third-order valence-corrected chi connectivity index (χ3v) is 6.11. The van der Waals surface area contributed by atoms with Crippen molar-refractivity contribution in [2.75, 3.05) is 6.54 Å². The summed E-state index contributed by atoms with van der Waals surface area (Å²) >= 11 is 0. The Morgan fingerprint density at radius 3 is 2.74 bits per heavy atom. The molecular formula is C24H28FN3O3. The molecule has 6 nitrogen and oxygen atoms in total. The minimum atomic E-state index is -0.418. The van der Waals surface area contributed by atoms with Crippen molar-refractivity contribution in [3.8, 4) is 11.6 Å². The maximum Gasteiger partial charge on any atom is 0.243 e. The molecule has 2 amide bonds. The standard InChI is InChI=1S/C24H28FN3O3/c25-19-10-4-11-20(15-19)31-23-18(9-5-13-26-23)16-27-22(29)21-12-6-14-28(21)24(30)17-7-2-1-3-8-17/h4-5,9-11,13,15,17,21H,1-3,6-8,12,14,16H2,(H,27,29). The first-order valence-corrected chi connectivity index (χ1v) is 11.1. The molecule has 1 saturated carbocycles. The van der Waals surface area contributed by atoms with E-state index in [1.807, 2.05) is 6.07 Å². The van der Waals surface area contributed by atoms with Gasteiger partial charge in [-0.15, -0.1) is 0 Å². The SMILES string of the molecule is O=C(NCc1cccnc1Oc1cccc(F)c1)C1CCCN1C(=O)C1CCCCC1. The number of hydrogen-bond acceptors (Lipinski definition) is 4. The first-order chi connectivity index (χ1) is 15.1. The molecule has 31 heavy (non-hydrogen) atoms. The van der Waals surface area contributed by atoms with Crippen molar-refractivity contribution >= 4 is 11.8 Å². The number of likely N-dealkylation sites (tertiary alicyclic amines) is 1. The van der Waals surface area contributed by atoms with Gasteiger partial charge in [0.1, 0.15) is 17.6 Å². The normalized spacial score (nSPS) is 19.3. The van der Waals surface area contributed by atoms with Gasteiger partial charge in [-0.05, 0) is 43.9 Å². The van der Waals surface area contributed by atoms with Gasteiger partial charge < -0.3 is 15.0 Å². The second-order valence-corrected chi connectivity index (χ2v) is 8.27. The van der Waals surface area contributed by atoms with Crippen LogP contribution >= 0.6 is 0 Å². The lowest BCUT2D eigenvalue weighted by molar-refractivity contribution is -0.142. The average molecular weight is 426 g/mol. The third kappa shape index (κ3) is 5.21. The highest BCUT2D eigenvalue weighted by Crippen LogP contribution is 2.29. The molecule has 2 aromatic rings. The number of ether oxygens (including phenoxy) is 1. The van der Waals surface area contributed by atoms with Crippen molar-refractivity contribution in [3.05, 3.63) is 54.0 Å². The Morgan fingerprint density at radius 1 is 1.10 bits per heavy atom. The summed E-state index contributed by atoms with van der Waals surface area (Å²) in [6.07, 6.45) is 8.36. The van der Waals surface area contributed by atoms with Gasteiger partial charge in [-0.3, -0.25) is 9.59 Å². The molecule has 2 heterocycles. The molecule has 7 heteroatoms. The molecule has 1 saturated heterocycles. The van der Waals surface area contributed by atoms with Gasteiger partial charge in [-0.25, -0.2) is 9.37 Å². The van der Waals surface area contributed by atoms with E-state index in [4.69, 9.17) is 4.74 Å². The number of benzene rings is 1. The van der Waals surface area contributed by atoms with Crippen LogP contribution in [-0.4, -0.2) is 34.3 Å². The summed E-state index contributed by atoms with van der Waals surface area (Å²) in [6.45, 7) is 0.869. The summed E-state index contributed by atoms with van der Waals surface area (Å²) in [4.78, 5) is 31.9. The Kier molecular flexibility index (Phi) is 6.79. The van der Waals surface area contributed by atoms with Crippen LogP contribution < -0.4 is 10.1 Å². The van der Waals surface area contributed by atoms with Crippen molar-refractivity contribution in [3.63, 3.8) is 0 Å². The number of carbonyl (C=O) groups excluding carboxylic acids is 2. The molecule has 0 spiro atoms. The maximum absolute atomic E-state index is 13.4. The highest BCUT2D eigenvalue weighted by atomic mass is 19.1. The van der Waals surface area contributed by atoms with E-state index in [9.17, 15) is 14.0 Å². The molecule has 0 radical (unpaired) electrons. The zero-order valence-corrected chi connectivity index (χ0v) is 17.6. The summed E-state index contributed by atoms with van der Waals surface area (Å²) in [5, 5.41) is 2.94. The lowest BCUT2D eigenvalue weighted by Gasteiger charge is -2.30.